The largest absolute Gasteiger partial charge is 0.384 e. The van der Waals surface area contributed by atoms with Gasteiger partial charge in [0.05, 0.1) is 0 Å². The van der Waals surface area contributed by atoms with Crippen LogP contribution in [0, 0.1) is 0 Å². The molecule has 0 unspecified atom stereocenters. The van der Waals surface area contributed by atoms with Crippen LogP contribution in [0.4, 0.5) is 22.2 Å². The number of aromatic nitrogens is 3. The highest BCUT2D eigenvalue weighted by Crippen LogP contribution is 2.25. The summed E-state index contributed by atoms with van der Waals surface area (Å²) in [4.78, 5) is 24.2. The van der Waals surface area contributed by atoms with Gasteiger partial charge in [0.1, 0.15) is 22.5 Å². The van der Waals surface area contributed by atoms with Crippen LogP contribution >= 0.6 is 11.3 Å². The van der Waals surface area contributed by atoms with Crippen molar-refractivity contribution in [2.24, 2.45) is 0 Å². The average molecular weight is 312 g/mol. The van der Waals surface area contributed by atoms with E-state index in [1.807, 2.05) is 12.1 Å². The number of urea groups is 1. The number of nitrogens with zero attached hydrogens (tertiary/aromatic N) is 3. The van der Waals surface area contributed by atoms with Gasteiger partial charge in [-0.15, -0.1) is 11.3 Å². The van der Waals surface area contributed by atoms with Gasteiger partial charge in [-0.05, 0) is 24.3 Å². The topological polar surface area (TPSA) is 106 Å². The summed E-state index contributed by atoms with van der Waals surface area (Å²) in [6, 6.07) is 8.30. The zero-order valence-corrected chi connectivity index (χ0v) is 12.2. The van der Waals surface area contributed by atoms with Gasteiger partial charge in [-0.2, -0.15) is 0 Å². The molecule has 3 aromatic rings. The number of amides is 2. The molecule has 0 aliphatic rings. The van der Waals surface area contributed by atoms with Crippen molar-refractivity contribution < 1.29 is 4.79 Å². The van der Waals surface area contributed by atoms with Crippen LogP contribution in [0.5, 0.6) is 0 Å². The summed E-state index contributed by atoms with van der Waals surface area (Å²) in [6.07, 6.45) is 3.39. The first-order valence-corrected chi connectivity index (χ1v) is 7.25. The molecule has 22 heavy (non-hydrogen) atoms. The molecule has 4 N–H and O–H groups in total. The van der Waals surface area contributed by atoms with E-state index in [4.69, 9.17) is 5.73 Å². The smallest absolute Gasteiger partial charge is 0.326 e. The van der Waals surface area contributed by atoms with Gasteiger partial charge in [0.2, 0.25) is 0 Å². The van der Waals surface area contributed by atoms with Crippen LogP contribution in [-0.2, 0) is 0 Å². The lowest BCUT2D eigenvalue weighted by molar-refractivity contribution is 0.262. The van der Waals surface area contributed by atoms with Crippen molar-refractivity contribution in [2.75, 3.05) is 16.4 Å². The predicted octanol–water partition coefficient (Wildman–Crippen LogP) is 2.83. The summed E-state index contributed by atoms with van der Waals surface area (Å²) in [5, 5.41) is 7.82. The van der Waals surface area contributed by atoms with Crippen molar-refractivity contribution in [3.05, 3.63) is 48.1 Å². The third-order valence-corrected chi connectivity index (χ3v) is 3.58. The third-order valence-electron chi connectivity index (χ3n) is 2.69. The van der Waals surface area contributed by atoms with Crippen LogP contribution < -0.4 is 16.4 Å². The number of hydrogen-bond donors (Lipinski definition) is 3. The third kappa shape index (κ3) is 3.36. The molecule has 2 amide bonds. The SMILES string of the molecule is Nc1cccc(NC(=O)Nc2csc(-c3ccncc3)n2)n1. The van der Waals surface area contributed by atoms with Crippen molar-refractivity contribution >= 4 is 34.8 Å². The molecule has 0 fully saturated rings. The standard InChI is InChI=1S/C14H12N6OS/c15-10-2-1-3-11(17-10)19-14(21)20-12-8-22-13(18-12)9-4-6-16-7-5-9/h1-8H,(H4,15,17,19,20,21). The maximum absolute atomic E-state index is 11.9. The molecule has 0 saturated carbocycles. The second kappa shape index (κ2) is 6.19. The molecule has 7 nitrogen and oxygen atoms in total. The summed E-state index contributed by atoms with van der Waals surface area (Å²) >= 11 is 1.44. The molecule has 8 heteroatoms. The number of carbonyl (C=O) groups is 1. The van der Waals surface area contributed by atoms with E-state index in [1.54, 1.807) is 36.0 Å². The van der Waals surface area contributed by atoms with Crippen molar-refractivity contribution in [3.63, 3.8) is 0 Å². The van der Waals surface area contributed by atoms with Crippen LogP contribution in [0.2, 0.25) is 0 Å². The molecule has 0 saturated heterocycles. The molecule has 3 heterocycles. The lowest BCUT2D eigenvalue weighted by Gasteiger charge is -2.05. The second-order valence-corrected chi connectivity index (χ2v) is 5.16. The highest BCUT2D eigenvalue weighted by Gasteiger charge is 2.08. The molecule has 0 atom stereocenters. The van der Waals surface area contributed by atoms with E-state index in [2.05, 4.69) is 25.6 Å². The van der Waals surface area contributed by atoms with E-state index in [0.29, 0.717) is 17.5 Å². The van der Waals surface area contributed by atoms with E-state index in [-0.39, 0.29) is 0 Å². The highest BCUT2D eigenvalue weighted by atomic mass is 32.1. The minimum Gasteiger partial charge on any atom is -0.384 e. The Kier molecular flexibility index (Phi) is 3.92. The Morgan fingerprint density at radius 1 is 1.05 bits per heavy atom. The fourth-order valence-electron chi connectivity index (χ4n) is 1.74. The Morgan fingerprint density at radius 3 is 2.59 bits per heavy atom. The summed E-state index contributed by atoms with van der Waals surface area (Å²) in [6.45, 7) is 0. The van der Waals surface area contributed by atoms with Gasteiger partial charge in [0, 0.05) is 23.3 Å². The Morgan fingerprint density at radius 2 is 1.82 bits per heavy atom. The number of pyridine rings is 2. The number of thiazole rings is 1. The minimum atomic E-state index is -0.426. The van der Waals surface area contributed by atoms with Gasteiger partial charge >= 0.3 is 6.03 Å². The molecule has 3 rings (SSSR count). The monoisotopic (exact) mass is 312 g/mol. The Hall–Kier alpha value is -3.00. The van der Waals surface area contributed by atoms with E-state index < -0.39 is 6.03 Å². The van der Waals surface area contributed by atoms with Crippen molar-refractivity contribution in [1.82, 2.24) is 15.0 Å². The Bertz CT molecular complexity index is 789. The summed E-state index contributed by atoms with van der Waals surface area (Å²) in [5.41, 5.74) is 6.51. The number of rotatable bonds is 3. The highest BCUT2D eigenvalue weighted by molar-refractivity contribution is 7.13. The van der Waals surface area contributed by atoms with Crippen molar-refractivity contribution in [3.8, 4) is 10.6 Å². The normalized spacial score (nSPS) is 10.2. The summed E-state index contributed by atoms with van der Waals surface area (Å²) < 4.78 is 0. The molecule has 110 valence electrons. The van der Waals surface area contributed by atoms with Gasteiger partial charge in [-0.3, -0.25) is 15.6 Å². The fraction of sp³-hybridized carbons (Fsp3) is 0. The summed E-state index contributed by atoms with van der Waals surface area (Å²) in [7, 11) is 0. The van der Waals surface area contributed by atoms with Crippen LogP contribution in [0.15, 0.2) is 48.1 Å². The zero-order chi connectivity index (χ0) is 15.4. The zero-order valence-electron chi connectivity index (χ0n) is 11.4. The van der Waals surface area contributed by atoms with Gasteiger partial charge in [0.25, 0.3) is 0 Å². The van der Waals surface area contributed by atoms with Crippen LogP contribution in [0.3, 0.4) is 0 Å². The van der Waals surface area contributed by atoms with E-state index in [0.717, 1.165) is 10.6 Å². The first kappa shape index (κ1) is 14.0. The van der Waals surface area contributed by atoms with Crippen molar-refractivity contribution in [1.29, 1.82) is 0 Å². The minimum absolute atomic E-state index is 0.339. The van der Waals surface area contributed by atoms with Gasteiger partial charge in [0.15, 0.2) is 0 Å². The number of carbonyl (C=O) groups excluding carboxylic acids is 1. The van der Waals surface area contributed by atoms with E-state index in [1.165, 1.54) is 11.3 Å². The lowest BCUT2D eigenvalue weighted by Crippen LogP contribution is -2.20. The maximum atomic E-state index is 11.9. The molecular weight excluding hydrogens is 300 g/mol. The van der Waals surface area contributed by atoms with Crippen molar-refractivity contribution in [2.45, 2.75) is 0 Å². The Labute approximate surface area is 130 Å². The summed E-state index contributed by atoms with van der Waals surface area (Å²) in [5.74, 6) is 1.19. The number of nitrogens with two attached hydrogens (primary N) is 1. The van der Waals surface area contributed by atoms with E-state index in [9.17, 15) is 4.79 Å². The van der Waals surface area contributed by atoms with Gasteiger partial charge in [-0.1, -0.05) is 6.07 Å². The average Bonchev–Trinajstić information content (AvgIpc) is 2.96. The molecule has 3 aromatic heterocycles. The molecular formula is C14H12N6OS. The number of nitrogen functional groups attached to an aromatic ring is 1. The lowest BCUT2D eigenvalue weighted by atomic mass is 10.3. The molecule has 0 radical (unpaired) electrons. The van der Waals surface area contributed by atoms with Crippen LogP contribution in [0.25, 0.3) is 10.6 Å². The molecule has 0 aliphatic carbocycles. The fourth-order valence-corrected chi connectivity index (χ4v) is 2.50. The Balaban J connectivity index is 1.66. The van der Waals surface area contributed by atoms with Crippen LogP contribution in [0.1, 0.15) is 0 Å². The first-order valence-electron chi connectivity index (χ1n) is 6.37. The predicted molar refractivity (Wildman–Crippen MR) is 86.6 cm³/mol. The van der Waals surface area contributed by atoms with Gasteiger partial charge in [-0.25, -0.2) is 14.8 Å². The number of hydrogen-bond acceptors (Lipinski definition) is 6. The van der Waals surface area contributed by atoms with E-state index >= 15 is 0 Å². The molecule has 0 spiro atoms. The molecule has 0 aromatic carbocycles. The quantitative estimate of drug-likeness (QED) is 0.689. The number of anilines is 3. The maximum Gasteiger partial charge on any atom is 0.326 e. The van der Waals surface area contributed by atoms with Crippen LogP contribution in [-0.4, -0.2) is 21.0 Å². The second-order valence-electron chi connectivity index (χ2n) is 4.30. The number of nitrogens with one attached hydrogen (secondary N) is 2. The molecule has 0 aliphatic heterocycles. The van der Waals surface area contributed by atoms with Gasteiger partial charge < -0.3 is 5.73 Å². The molecule has 0 bridgehead atoms. The first-order chi connectivity index (χ1) is 10.7.